The van der Waals surface area contributed by atoms with E-state index in [1.807, 2.05) is 36.4 Å². The second-order valence-electron chi connectivity index (χ2n) is 6.35. The predicted octanol–water partition coefficient (Wildman–Crippen LogP) is 2.70. The van der Waals surface area contributed by atoms with Gasteiger partial charge in [0.15, 0.2) is 0 Å². The number of amides is 4. The van der Waals surface area contributed by atoms with Crippen LogP contribution in [0.1, 0.15) is 24.8 Å². The van der Waals surface area contributed by atoms with Crippen molar-refractivity contribution in [2.45, 2.75) is 31.8 Å². The Balaban J connectivity index is 1.83. The summed E-state index contributed by atoms with van der Waals surface area (Å²) in [4.78, 5) is 40.0. The quantitative estimate of drug-likeness (QED) is 0.447. The summed E-state index contributed by atoms with van der Waals surface area (Å²) < 4.78 is 0. The second-order valence-corrected chi connectivity index (χ2v) is 6.35. The van der Waals surface area contributed by atoms with Gasteiger partial charge >= 0.3 is 6.03 Å². The number of anilines is 1. The Morgan fingerprint density at radius 3 is 2.26 bits per heavy atom. The van der Waals surface area contributed by atoms with E-state index in [9.17, 15) is 14.4 Å². The Kier molecular flexibility index (Phi) is 5.83. The summed E-state index contributed by atoms with van der Waals surface area (Å²) in [5, 5.41) is 8.62. The lowest BCUT2D eigenvalue weighted by Crippen LogP contribution is -2.35. The molecule has 140 valence electrons. The largest absolute Gasteiger partial charge is 0.332 e. The number of benzene rings is 2. The summed E-state index contributed by atoms with van der Waals surface area (Å²) in [5.74, 6) is -0.812. The number of para-hydroxylation sites is 1. The summed E-state index contributed by atoms with van der Waals surface area (Å²) in [5.41, 5.74) is 3.03. The molecule has 2 N–H and O–H groups in total. The number of nitrogens with one attached hydrogen (secondary N) is 1. The van der Waals surface area contributed by atoms with Crippen LogP contribution in [0, 0.1) is 0 Å². The number of hydroxylamine groups is 1. The average molecular weight is 367 g/mol. The van der Waals surface area contributed by atoms with E-state index < -0.39 is 11.9 Å². The van der Waals surface area contributed by atoms with Crippen molar-refractivity contribution in [2.24, 2.45) is 0 Å². The highest BCUT2D eigenvalue weighted by Crippen LogP contribution is 2.29. The Bertz CT molecular complexity index is 810. The standard InChI is InChI=1S/C20H21N3O4/c24-18(21-27)13-7-12-17-19(25)23(16-10-5-2-6-11-16)20(26)22(17)14-15-8-3-1-4-9-15/h1-6,8-11,17,27H,7,12-14H2,(H,21,24). The molecule has 0 radical (unpaired) electrons. The van der Waals surface area contributed by atoms with Crippen LogP contribution in [0.3, 0.4) is 0 Å². The fourth-order valence-electron chi connectivity index (χ4n) is 3.20. The molecule has 1 unspecified atom stereocenters. The molecule has 1 aliphatic heterocycles. The molecule has 2 aromatic carbocycles. The molecule has 4 amide bonds. The smallest absolute Gasteiger partial charge is 0.308 e. The molecule has 0 aromatic heterocycles. The first-order chi connectivity index (χ1) is 13.1. The summed E-state index contributed by atoms with van der Waals surface area (Å²) in [7, 11) is 0. The molecule has 0 spiro atoms. The highest BCUT2D eigenvalue weighted by atomic mass is 16.5. The zero-order valence-electron chi connectivity index (χ0n) is 14.7. The molecule has 1 fully saturated rings. The van der Waals surface area contributed by atoms with Crippen LogP contribution in [0.2, 0.25) is 0 Å². The molecule has 0 aliphatic carbocycles. The van der Waals surface area contributed by atoms with Crippen molar-refractivity contribution in [3.05, 3.63) is 66.2 Å². The van der Waals surface area contributed by atoms with Crippen LogP contribution in [0.15, 0.2) is 60.7 Å². The monoisotopic (exact) mass is 367 g/mol. The number of hydrogen-bond donors (Lipinski definition) is 2. The Morgan fingerprint density at radius 2 is 1.63 bits per heavy atom. The second kappa shape index (κ2) is 8.46. The minimum atomic E-state index is -0.649. The Hall–Kier alpha value is -3.19. The molecule has 0 bridgehead atoms. The van der Waals surface area contributed by atoms with Crippen LogP contribution in [0.25, 0.3) is 0 Å². The van der Waals surface area contributed by atoms with Gasteiger partial charge in [0.25, 0.3) is 5.91 Å². The van der Waals surface area contributed by atoms with E-state index in [-0.39, 0.29) is 18.4 Å². The highest BCUT2D eigenvalue weighted by Gasteiger charge is 2.45. The van der Waals surface area contributed by atoms with Gasteiger partial charge in [0.05, 0.1) is 5.69 Å². The van der Waals surface area contributed by atoms with Crippen LogP contribution in [0.4, 0.5) is 10.5 Å². The van der Waals surface area contributed by atoms with Gasteiger partial charge in [-0.1, -0.05) is 48.5 Å². The first kappa shape index (κ1) is 18.6. The fourth-order valence-corrected chi connectivity index (χ4v) is 3.20. The topological polar surface area (TPSA) is 90.0 Å². The Labute approximate surface area is 157 Å². The molecule has 7 nitrogen and oxygen atoms in total. The van der Waals surface area contributed by atoms with E-state index in [0.29, 0.717) is 25.1 Å². The van der Waals surface area contributed by atoms with Crippen molar-refractivity contribution < 1.29 is 19.6 Å². The maximum absolute atomic E-state index is 13.0. The Morgan fingerprint density at radius 1 is 1.00 bits per heavy atom. The number of imide groups is 1. The van der Waals surface area contributed by atoms with Gasteiger partial charge in [-0.25, -0.2) is 15.2 Å². The van der Waals surface area contributed by atoms with Crippen LogP contribution in [-0.4, -0.2) is 34.0 Å². The zero-order valence-corrected chi connectivity index (χ0v) is 14.7. The summed E-state index contributed by atoms with van der Waals surface area (Å²) >= 11 is 0. The molecule has 1 saturated heterocycles. The van der Waals surface area contributed by atoms with Crippen molar-refractivity contribution in [2.75, 3.05) is 4.90 Å². The molecule has 2 aromatic rings. The van der Waals surface area contributed by atoms with Gasteiger partial charge in [0.2, 0.25) is 5.91 Å². The number of carbonyl (C=O) groups excluding carboxylic acids is 3. The first-order valence-electron chi connectivity index (χ1n) is 8.78. The molecule has 0 saturated carbocycles. The lowest BCUT2D eigenvalue weighted by Gasteiger charge is -2.21. The third-order valence-corrected chi connectivity index (χ3v) is 4.53. The highest BCUT2D eigenvalue weighted by molar-refractivity contribution is 6.21. The number of rotatable bonds is 7. The number of nitrogens with zero attached hydrogens (tertiary/aromatic N) is 2. The van der Waals surface area contributed by atoms with Crippen molar-refractivity contribution in [3.63, 3.8) is 0 Å². The predicted molar refractivity (Wildman–Crippen MR) is 98.9 cm³/mol. The van der Waals surface area contributed by atoms with Gasteiger partial charge in [-0.15, -0.1) is 0 Å². The first-order valence-corrected chi connectivity index (χ1v) is 8.78. The van der Waals surface area contributed by atoms with E-state index in [0.717, 1.165) is 5.56 Å². The van der Waals surface area contributed by atoms with E-state index in [4.69, 9.17) is 5.21 Å². The van der Waals surface area contributed by atoms with Crippen molar-refractivity contribution in [3.8, 4) is 0 Å². The molecular weight excluding hydrogens is 346 g/mol. The molecule has 1 atom stereocenters. The summed E-state index contributed by atoms with van der Waals surface area (Å²) in [6, 6.07) is 17.3. The van der Waals surface area contributed by atoms with E-state index in [1.165, 1.54) is 4.90 Å². The third kappa shape index (κ3) is 4.15. The molecule has 27 heavy (non-hydrogen) atoms. The number of hydrogen-bond acceptors (Lipinski definition) is 4. The van der Waals surface area contributed by atoms with Crippen LogP contribution < -0.4 is 10.4 Å². The van der Waals surface area contributed by atoms with Crippen LogP contribution in [-0.2, 0) is 16.1 Å². The van der Waals surface area contributed by atoms with Crippen LogP contribution in [0.5, 0.6) is 0 Å². The van der Waals surface area contributed by atoms with Gasteiger partial charge in [0, 0.05) is 13.0 Å². The van der Waals surface area contributed by atoms with Crippen molar-refractivity contribution in [1.29, 1.82) is 0 Å². The van der Waals surface area contributed by atoms with Gasteiger partial charge in [-0.3, -0.25) is 14.8 Å². The third-order valence-electron chi connectivity index (χ3n) is 4.53. The molecule has 1 aliphatic rings. The maximum Gasteiger partial charge on any atom is 0.332 e. The number of carbonyl (C=O) groups is 3. The van der Waals surface area contributed by atoms with Gasteiger partial charge < -0.3 is 4.90 Å². The van der Waals surface area contributed by atoms with Crippen LogP contribution >= 0.6 is 0 Å². The molecular formula is C20H21N3O4. The zero-order chi connectivity index (χ0) is 19.2. The van der Waals surface area contributed by atoms with E-state index >= 15 is 0 Å². The normalized spacial score (nSPS) is 16.7. The van der Waals surface area contributed by atoms with Gasteiger partial charge in [-0.05, 0) is 30.5 Å². The molecule has 1 heterocycles. The minimum Gasteiger partial charge on any atom is -0.308 e. The average Bonchev–Trinajstić information content (AvgIpc) is 2.93. The van der Waals surface area contributed by atoms with Gasteiger partial charge in [0.1, 0.15) is 6.04 Å². The lowest BCUT2D eigenvalue weighted by atomic mass is 10.1. The minimum absolute atomic E-state index is 0.0823. The summed E-state index contributed by atoms with van der Waals surface area (Å²) in [6.07, 6.45) is 0.803. The number of urea groups is 1. The lowest BCUT2D eigenvalue weighted by molar-refractivity contribution is -0.129. The SMILES string of the molecule is O=C(CCCC1C(=O)N(c2ccccc2)C(=O)N1Cc1ccccc1)NO. The van der Waals surface area contributed by atoms with Gasteiger partial charge in [-0.2, -0.15) is 0 Å². The molecule has 3 rings (SSSR count). The molecule has 7 heteroatoms. The fraction of sp³-hybridized carbons (Fsp3) is 0.250. The van der Waals surface area contributed by atoms with Crippen molar-refractivity contribution >= 4 is 23.5 Å². The maximum atomic E-state index is 13.0. The van der Waals surface area contributed by atoms with Crippen molar-refractivity contribution in [1.82, 2.24) is 10.4 Å². The summed E-state index contributed by atoms with van der Waals surface area (Å²) in [6.45, 7) is 0.311. The van der Waals surface area contributed by atoms with E-state index in [1.54, 1.807) is 34.6 Å². The van der Waals surface area contributed by atoms with E-state index in [2.05, 4.69) is 0 Å².